The third-order valence-corrected chi connectivity index (χ3v) is 6.29. The van der Waals surface area contributed by atoms with Crippen molar-refractivity contribution in [1.29, 1.82) is 0 Å². The zero-order valence-corrected chi connectivity index (χ0v) is 15.5. The lowest BCUT2D eigenvalue weighted by atomic mass is 10.2. The summed E-state index contributed by atoms with van der Waals surface area (Å²) in [6.07, 6.45) is 1.84. The summed E-state index contributed by atoms with van der Waals surface area (Å²) in [4.78, 5) is 19.5. The van der Waals surface area contributed by atoms with E-state index in [1.54, 1.807) is 29.2 Å². The number of para-hydroxylation sites is 1. The molecule has 25 heavy (non-hydrogen) atoms. The molecule has 4 nitrogen and oxygen atoms in total. The van der Waals surface area contributed by atoms with E-state index in [1.165, 1.54) is 28.7 Å². The minimum Gasteiger partial charge on any atom is -0.376 e. The number of thiazole rings is 1. The van der Waals surface area contributed by atoms with E-state index in [1.807, 2.05) is 0 Å². The van der Waals surface area contributed by atoms with Crippen molar-refractivity contribution in [2.75, 3.05) is 18.1 Å². The van der Waals surface area contributed by atoms with Crippen molar-refractivity contribution in [3.63, 3.8) is 0 Å². The van der Waals surface area contributed by atoms with Gasteiger partial charge in [-0.3, -0.25) is 9.69 Å². The molecule has 0 bridgehead atoms. The topological polar surface area (TPSA) is 42.4 Å². The summed E-state index contributed by atoms with van der Waals surface area (Å²) in [7, 11) is 0. The fourth-order valence-electron chi connectivity index (χ4n) is 2.82. The molecule has 8 heteroatoms. The lowest BCUT2D eigenvalue weighted by Crippen LogP contribution is -2.37. The number of thiophene rings is 1. The third-order valence-electron chi connectivity index (χ3n) is 4.03. The summed E-state index contributed by atoms with van der Waals surface area (Å²) in [6, 6.07) is 8.21. The zero-order valence-electron chi connectivity index (χ0n) is 13.1. The summed E-state index contributed by atoms with van der Waals surface area (Å²) in [6.45, 7) is 1.10. The molecular formula is C17H14ClFN2O2S2. The number of carbonyl (C=O) groups excluding carboxylic acids is 1. The second-order valence-electron chi connectivity index (χ2n) is 5.74. The molecule has 1 aromatic carbocycles. The molecule has 1 atom stereocenters. The Morgan fingerprint density at radius 1 is 1.36 bits per heavy atom. The summed E-state index contributed by atoms with van der Waals surface area (Å²) < 4.78 is 20.9. The average molecular weight is 397 g/mol. The van der Waals surface area contributed by atoms with Crippen LogP contribution in [0.2, 0.25) is 4.34 Å². The Balaban J connectivity index is 1.72. The van der Waals surface area contributed by atoms with Crippen molar-refractivity contribution in [3.05, 3.63) is 45.4 Å². The minimum absolute atomic E-state index is 0.0313. The predicted octanol–water partition coefficient (Wildman–Crippen LogP) is 4.98. The molecule has 1 fully saturated rings. The van der Waals surface area contributed by atoms with Crippen LogP contribution in [0.25, 0.3) is 10.2 Å². The standard InChI is InChI=1S/C17H14ClFN2O2S2/c18-14-7-6-13(24-14)16(22)21(9-10-3-2-8-23-10)17-20-15-11(19)4-1-5-12(15)25-17/h1,4-7,10H,2-3,8-9H2. The number of ether oxygens (including phenoxy) is 1. The number of hydrogen-bond acceptors (Lipinski definition) is 5. The Bertz CT molecular complexity index is 920. The molecule has 3 heterocycles. The van der Waals surface area contributed by atoms with Gasteiger partial charge >= 0.3 is 0 Å². The van der Waals surface area contributed by atoms with Crippen molar-refractivity contribution in [3.8, 4) is 0 Å². The molecule has 0 saturated carbocycles. The molecule has 1 unspecified atom stereocenters. The SMILES string of the molecule is O=C(c1ccc(Cl)s1)N(CC1CCCO1)c1nc2c(F)cccc2s1. The van der Waals surface area contributed by atoms with E-state index < -0.39 is 0 Å². The van der Waals surface area contributed by atoms with Crippen LogP contribution in [0, 0.1) is 5.82 Å². The molecular weight excluding hydrogens is 383 g/mol. The van der Waals surface area contributed by atoms with E-state index in [0.29, 0.717) is 32.2 Å². The summed E-state index contributed by atoms with van der Waals surface area (Å²) >= 11 is 8.50. The van der Waals surface area contributed by atoms with Gasteiger partial charge in [0.1, 0.15) is 11.3 Å². The van der Waals surface area contributed by atoms with Crippen LogP contribution in [-0.4, -0.2) is 30.1 Å². The highest BCUT2D eigenvalue weighted by Gasteiger charge is 2.28. The maximum absolute atomic E-state index is 14.0. The molecule has 0 radical (unpaired) electrons. The number of amides is 1. The van der Waals surface area contributed by atoms with Crippen LogP contribution in [0.4, 0.5) is 9.52 Å². The van der Waals surface area contributed by atoms with E-state index in [9.17, 15) is 9.18 Å². The van der Waals surface area contributed by atoms with Gasteiger partial charge in [-0.05, 0) is 37.1 Å². The van der Waals surface area contributed by atoms with E-state index in [-0.39, 0.29) is 23.3 Å². The quantitative estimate of drug-likeness (QED) is 0.624. The summed E-state index contributed by atoms with van der Waals surface area (Å²) in [5, 5.41) is 0.477. The van der Waals surface area contributed by atoms with Crippen LogP contribution in [0.1, 0.15) is 22.5 Å². The van der Waals surface area contributed by atoms with Crippen LogP contribution in [0.5, 0.6) is 0 Å². The number of rotatable bonds is 4. The maximum atomic E-state index is 14.0. The van der Waals surface area contributed by atoms with Gasteiger partial charge in [0.2, 0.25) is 0 Å². The average Bonchev–Trinajstić information content (AvgIpc) is 3.32. The van der Waals surface area contributed by atoms with Crippen molar-refractivity contribution in [1.82, 2.24) is 4.98 Å². The highest BCUT2D eigenvalue weighted by atomic mass is 35.5. The van der Waals surface area contributed by atoms with Crippen LogP contribution in [0.15, 0.2) is 30.3 Å². The number of nitrogens with zero attached hydrogens (tertiary/aromatic N) is 2. The normalized spacial score (nSPS) is 17.3. The summed E-state index contributed by atoms with van der Waals surface area (Å²) in [5.41, 5.74) is 0.289. The molecule has 130 valence electrons. The Labute approximate surface area is 156 Å². The minimum atomic E-state index is -0.385. The molecule has 1 amide bonds. The largest absolute Gasteiger partial charge is 0.376 e. The van der Waals surface area contributed by atoms with Gasteiger partial charge < -0.3 is 4.74 Å². The number of benzene rings is 1. The van der Waals surface area contributed by atoms with E-state index in [4.69, 9.17) is 16.3 Å². The predicted molar refractivity (Wildman–Crippen MR) is 99.6 cm³/mol. The van der Waals surface area contributed by atoms with Crippen molar-refractivity contribution in [2.45, 2.75) is 18.9 Å². The fraction of sp³-hybridized carbons (Fsp3) is 0.294. The van der Waals surface area contributed by atoms with Gasteiger partial charge in [-0.1, -0.05) is 29.0 Å². The highest BCUT2D eigenvalue weighted by Crippen LogP contribution is 2.33. The number of aromatic nitrogens is 1. The molecule has 0 spiro atoms. The van der Waals surface area contributed by atoms with Gasteiger partial charge in [0.25, 0.3) is 5.91 Å². The van der Waals surface area contributed by atoms with Crippen LogP contribution < -0.4 is 4.90 Å². The van der Waals surface area contributed by atoms with E-state index >= 15 is 0 Å². The lowest BCUT2D eigenvalue weighted by Gasteiger charge is -2.22. The molecule has 4 rings (SSSR count). The van der Waals surface area contributed by atoms with Gasteiger partial charge in [-0.15, -0.1) is 11.3 Å². The van der Waals surface area contributed by atoms with Crippen LogP contribution >= 0.6 is 34.3 Å². The molecule has 0 N–H and O–H groups in total. The molecule has 2 aromatic heterocycles. The second-order valence-corrected chi connectivity index (χ2v) is 8.46. The first kappa shape index (κ1) is 16.9. The lowest BCUT2D eigenvalue weighted by molar-refractivity contribution is 0.0920. The Morgan fingerprint density at radius 2 is 2.24 bits per heavy atom. The molecule has 3 aromatic rings. The maximum Gasteiger partial charge on any atom is 0.270 e. The first-order valence-electron chi connectivity index (χ1n) is 7.85. The summed E-state index contributed by atoms with van der Waals surface area (Å²) in [5.74, 6) is -0.574. The zero-order chi connectivity index (χ0) is 17.4. The van der Waals surface area contributed by atoms with Gasteiger partial charge in [0.15, 0.2) is 5.13 Å². The number of anilines is 1. The van der Waals surface area contributed by atoms with Gasteiger partial charge in [-0.25, -0.2) is 9.37 Å². The fourth-order valence-corrected chi connectivity index (χ4v) is 4.80. The van der Waals surface area contributed by atoms with Crippen molar-refractivity contribution < 1.29 is 13.9 Å². The van der Waals surface area contributed by atoms with Crippen LogP contribution in [0.3, 0.4) is 0 Å². The monoisotopic (exact) mass is 396 g/mol. The Morgan fingerprint density at radius 3 is 2.92 bits per heavy atom. The highest BCUT2D eigenvalue weighted by molar-refractivity contribution is 7.22. The first-order valence-corrected chi connectivity index (χ1v) is 9.87. The molecule has 1 aliphatic rings. The van der Waals surface area contributed by atoms with Crippen LogP contribution in [-0.2, 0) is 4.74 Å². The third kappa shape index (κ3) is 3.42. The Kier molecular flexibility index (Phi) is 4.73. The van der Waals surface area contributed by atoms with E-state index in [2.05, 4.69) is 4.98 Å². The number of halogens is 2. The van der Waals surface area contributed by atoms with Crippen molar-refractivity contribution in [2.24, 2.45) is 0 Å². The second kappa shape index (κ2) is 6.99. The first-order chi connectivity index (χ1) is 12.1. The molecule has 1 aliphatic heterocycles. The molecule has 0 aliphatic carbocycles. The van der Waals surface area contributed by atoms with Gasteiger partial charge in [0.05, 0.1) is 26.6 Å². The van der Waals surface area contributed by atoms with Gasteiger partial charge in [0, 0.05) is 6.61 Å². The smallest absolute Gasteiger partial charge is 0.270 e. The van der Waals surface area contributed by atoms with Gasteiger partial charge in [-0.2, -0.15) is 0 Å². The number of carbonyl (C=O) groups is 1. The van der Waals surface area contributed by atoms with Crippen molar-refractivity contribution >= 4 is 55.5 Å². The molecule has 1 saturated heterocycles. The number of hydrogen-bond donors (Lipinski definition) is 0. The Hall–Kier alpha value is -1.54. The number of fused-ring (bicyclic) bond motifs is 1. The van der Waals surface area contributed by atoms with E-state index in [0.717, 1.165) is 12.8 Å².